The number of benzene rings is 3. The molecule has 1 N–H and O–H groups in total. The Morgan fingerprint density at radius 3 is 2.56 bits per heavy atom. The van der Waals surface area contributed by atoms with Crippen LogP contribution in [0.4, 0.5) is 0 Å². The number of allylic oxidation sites excluding steroid dienone is 1. The van der Waals surface area contributed by atoms with Gasteiger partial charge in [-0.3, -0.25) is 14.3 Å². The molecule has 0 radical (unpaired) electrons. The fraction of sp³-hybridized carbons (Fsp3) is 0.194. The number of carbonyl (C=O) groups excluding carboxylic acids is 1. The Kier molecular flexibility index (Phi) is 7.41. The number of aromatic nitrogens is 1. The lowest BCUT2D eigenvalue weighted by atomic mass is 9.97. The van der Waals surface area contributed by atoms with Crippen LogP contribution in [0.1, 0.15) is 22.3 Å². The van der Waals surface area contributed by atoms with Gasteiger partial charge < -0.3 is 9.84 Å². The van der Waals surface area contributed by atoms with Crippen molar-refractivity contribution in [3.63, 3.8) is 0 Å². The highest BCUT2D eigenvalue weighted by Crippen LogP contribution is 2.26. The molecule has 0 spiro atoms. The number of rotatable bonds is 8. The summed E-state index contributed by atoms with van der Waals surface area (Å²) in [5, 5.41) is 13.2. The van der Waals surface area contributed by atoms with Crippen molar-refractivity contribution in [2.75, 3.05) is 26.2 Å². The van der Waals surface area contributed by atoms with Crippen molar-refractivity contribution in [3.05, 3.63) is 115 Å². The first-order valence-electron chi connectivity index (χ1n) is 12.3. The predicted octanol–water partition coefficient (Wildman–Crippen LogP) is 5.52. The van der Waals surface area contributed by atoms with Crippen LogP contribution in [0.25, 0.3) is 22.4 Å². The van der Waals surface area contributed by atoms with E-state index >= 15 is 0 Å². The van der Waals surface area contributed by atoms with Gasteiger partial charge in [-0.2, -0.15) is 0 Å². The fourth-order valence-corrected chi connectivity index (χ4v) is 4.54. The number of β-amino-alcohol motifs (C(OH)–C–C–N with tert-alkyl or cyclic N) is 1. The molecular formula is C31H30N2O3. The summed E-state index contributed by atoms with van der Waals surface area (Å²) < 4.78 is 7.45. The zero-order valence-corrected chi connectivity index (χ0v) is 20.2. The van der Waals surface area contributed by atoms with E-state index in [9.17, 15) is 9.90 Å². The second-order valence-electron chi connectivity index (χ2n) is 9.07. The molecule has 0 bridgehead atoms. The molecule has 1 unspecified atom stereocenters. The summed E-state index contributed by atoms with van der Waals surface area (Å²) in [6.45, 7) is 2.44. The molecule has 5 rings (SSSR count). The Hall–Kier alpha value is -3.93. The highest BCUT2D eigenvalue weighted by molar-refractivity contribution is 5.94. The Morgan fingerprint density at radius 2 is 1.75 bits per heavy atom. The van der Waals surface area contributed by atoms with E-state index in [1.165, 1.54) is 32.6 Å². The van der Waals surface area contributed by atoms with Gasteiger partial charge in [-0.1, -0.05) is 60.7 Å². The first-order valence-corrected chi connectivity index (χ1v) is 12.3. The predicted molar refractivity (Wildman–Crippen MR) is 145 cm³/mol. The van der Waals surface area contributed by atoms with Gasteiger partial charge in [0, 0.05) is 43.7 Å². The van der Waals surface area contributed by atoms with E-state index in [0.29, 0.717) is 12.3 Å². The Labute approximate surface area is 211 Å². The zero-order chi connectivity index (χ0) is 24.7. The first-order chi connectivity index (χ1) is 17.7. The minimum absolute atomic E-state index is 0.129. The van der Waals surface area contributed by atoms with Crippen LogP contribution >= 0.6 is 0 Å². The van der Waals surface area contributed by atoms with Crippen LogP contribution in [0, 0.1) is 0 Å². The van der Waals surface area contributed by atoms with Crippen molar-refractivity contribution in [2.24, 2.45) is 0 Å². The molecule has 0 saturated carbocycles. The van der Waals surface area contributed by atoms with E-state index in [2.05, 4.69) is 53.4 Å². The van der Waals surface area contributed by atoms with Crippen molar-refractivity contribution in [2.45, 2.75) is 12.5 Å². The van der Waals surface area contributed by atoms with Crippen LogP contribution in [-0.4, -0.2) is 52.8 Å². The topological polar surface area (TPSA) is 54.7 Å². The number of hydrogen-bond donors (Lipinski definition) is 1. The van der Waals surface area contributed by atoms with Crippen LogP contribution in [-0.2, 0) is 0 Å². The van der Waals surface area contributed by atoms with E-state index in [0.717, 1.165) is 25.1 Å². The summed E-state index contributed by atoms with van der Waals surface area (Å²) in [5.41, 5.74) is 3.43. The summed E-state index contributed by atoms with van der Waals surface area (Å²) in [6, 6.07) is 26.2. The van der Waals surface area contributed by atoms with Gasteiger partial charge >= 0.3 is 0 Å². The lowest BCUT2D eigenvalue weighted by Crippen LogP contribution is -2.38. The molecule has 36 heavy (non-hydrogen) atoms. The molecule has 0 saturated heterocycles. The molecule has 3 aromatic carbocycles. The monoisotopic (exact) mass is 478 g/mol. The summed E-state index contributed by atoms with van der Waals surface area (Å²) in [7, 11) is 0. The van der Waals surface area contributed by atoms with Crippen molar-refractivity contribution in [1.82, 2.24) is 9.47 Å². The molecule has 0 fully saturated rings. The standard InChI is InChI=1S/C31H30N2O3/c34-29(23-36-30-10-4-3-8-26(30)13-14-31(35)33-17-5-6-18-33)22-32-19-15-25(16-20-32)28-12-11-24-7-1-2-9-27(24)21-28/h1-15,17-18,21,29,34H,16,19-20,22-23H2. The number of para-hydroxylation sites is 1. The second-order valence-corrected chi connectivity index (χ2v) is 9.07. The maximum absolute atomic E-state index is 12.2. The van der Waals surface area contributed by atoms with Crippen molar-refractivity contribution < 1.29 is 14.6 Å². The average molecular weight is 479 g/mol. The van der Waals surface area contributed by atoms with Gasteiger partial charge in [-0.25, -0.2) is 0 Å². The molecule has 0 aliphatic carbocycles. The molecule has 0 amide bonds. The molecule has 182 valence electrons. The number of ether oxygens (including phenoxy) is 1. The van der Waals surface area contributed by atoms with Gasteiger partial charge in [0.25, 0.3) is 5.91 Å². The van der Waals surface area contributed by atoms with E-state index in [1.54, 1.807) is 18.5 Å². The third kappa shape index (κ3) is 5.82. The third-order valence-electron chi connectivity index (χ3n) is 6.50. The summed E-state index contributed by atoms with van der Waals surface area (Å²) in [5.74, 6) is 0.515. The van der Waals surface area contributed by atoms with Gasteiger partial charge in [-0.15, -0.1) is 0 Å². The summed E-state index contributed by atoms with van der Waals surface area (Å²) in [4.78, 5) is 14.5. The molecule has 5 nitrogen and oxygen atoms in total. The maximum Gasteiger partial charge on any atom is 0.254 e. The van der Waals surface area contributed by atoms with Gasteiger partial charge in [0.15, 0.2) is 0 Å². The Morgan fingerprint density at radius 1 is 0.972 bits per heavy atom. The number of fused-ring (bicyclic) bond motifs is 1. The number of carbonyl (C=O) groups is 1. The summed E-state index contributed by atoms with van der Waals surface area (Å²) >= 11 is 0. The quantitative estimate of drug-likeness (QED) is 0.339. The molecule has 4 aromatic rings. The SMILES string of the molecule is O=C(C=Cc1ccccc1OCC(O)CN1CC=C(c2ccc3ccccc3c2)CC1)n1cccc1. The van der Waals surface area contributed by atoms with Crippen LogP contribution < -0.4 is 4.74 Å². The molecule has 1 aliphatic rings. The lowest BCUT2D eigenvalue weighted by Gasteiger charge is -2.28. The Balaban J connectivity index is 1.14. The van der Waals surface area contributed by atoms with Crippen LogP contribution in [0.2, 0.25) is 0 Å². The highest BCUT2D eigenvalue weighted by Gasteiger charge is 2.17. The van der Waals surface area contributed by atoms with Crippen molar-refractivity contribution in [3.8, 4) is 5.75 Å². The molecule has 5 heteroatoms. The second kappa shape index (κ2) is 11.2. The normalized spacial score (nSPS) is 15.2. The zero-order valence-electron chi connectivity index (χ0n) is 20.2. The minimum Gasteiger partial charge on any atom is -0.490 e. The smallest absolute Gasteiger partial charge is 0.254 e. The lowest BCUT2D eigenvalue weighted by molar-refractivity contribution is 0.0716. The van der Waals surface area contributed by atoms with Gasteiger partial charge in [-0.05, 0) is 58.7 Å². The molecule has 1 aliphatic heterocycles. The van der Waals surface area contributed by atoms with Gasteiger partial charge in [0.05, 0.1) is 0 Å². The molecule has 2 heterocycles. The Bertz CT molecular complexity index is 1390. The van der Waals surface area contributed by atoms with E-state index in [-0.39, 0.29) is 12.5 Å². The van der Waals surface area contributed by atoms with Crippen molar-refractivity contribution >= 4 is 28.3 Å². The van der Waals surface area contributed by atoms with Crippen LogP contribution in [0.15, 0.2) is 103 Å². The van der Waals surface area contributed by atoms with E-state index in [1.807, 2.05) is 36.4 Å². The molecule has 1 aromatic heterocycles. The number of aliphatic hydroxyl groups excluding tert-OH is 1. The highest BCUT2D eigenvalue weighted by atomic mass is 16.5. The van der Waals surface area contributed by atoms with Crippen LogP contribution in [0.3, 0.4) is 0 Å². The van der Waals surface area contributed by atoms with E-state index in [4.69, 9.17) is 4.74 Å². The van der Waals surface area contributed by atoms with Gasteiger partial charge in [0.2, 0.25) is 0 Å². The third-order valence-corrected chi connectivity index (χ3v) is 6.50. The summed E-state index contributed by atoms with van der Waals surface area (Å²) in [6.07, 6.45) is 9.30. The molecule has 1 atom stereocenters. The first kappa shape index (κ1) is 23.8. The number of nitrogens with zero attached hydrogens (tertiary/aromatic N) is 2. The maximum atomic E-state index is 12.2. The number of hydrogen-bond acceptors (Lipinski definition) is 4. The molecular weight excluding hydrogens is 448 g/mol. The van der Waals surface area contributed by atoms with Crippen LogP contribution in [0.5, 0.6) is 5.75 Å². The largest absolute Gasteiger partial charge is 0.490 e. The van der Waals surface area contributed by atoms with Gasteiger partial charge in [0.1, 0.15) is 18.5 Å². The average Bonchev–Trinajstić information content (AvgIpc) is 3.46. The minimum atomic E-state index is -0.612. The van der Waals surface area contributed by atoms with Crippen molar-refractivity contribution in [1.29, 1.82) is 0 Å². The number of aliphatic hydroxyl groups is 1. The van der Waals surface area contributed by atoms with E-state index < -0.39 is 6.10 Å². The fourth-order valence-electron chi connectivity index (χ4n) is 4.54.